The summed E-state index contributed by atoms with van der Waals surface area (Å²) in [5.74, 6) is -4.17. The number of anilines is 12. The number of nitrogens with one attached hydrogen (secondary N) is 8. The van der Waals surface area contributed by atoms with Gasteiger partial charge in [0.05, 0.1) is 124 Å². The molecule has 0 spiro atoms. The Balaban J connectivity index is 0.000000170. The monoisotopic (exact) mass is 1960 g/mol. The fourth-order valence-corrected chi connectivity index (χ4v) is 15.2. The Labute approximate surface area is 798 Å². The first kappa shape index (κ1) is 101. The van der Waals surface area contributed by atoms with Gasteiger partial charge in [-0.2, -0.15) is 0 Å². The molecule has 133 heavy (non-hydrogen) atoms. The van der Waals surface area contributed by atoms with Gasteiger partial charge in [-0.25, -0.2) is 61.8 Å². The fourth-order valence-electron chi connectivity index (χ4n) is 14.2. The molecule has 40 heteroatoms. The molecule has 698 valence electrons. The number of nitrogens with zero attached hydrogens (tertiary/aromatic N) is 8. The molecule has 4 amide bonds. The third kappa shape index (κ3) is 28.9. The Hall–Kier alpha value is -12.1. The average Bonchev–Trinajstić information content (AvgIpc) is 1.69. The van der Waals surface area contributed by atoms with Crippen molar-refractivity contribution >= 4 is 176 Å². The van der Waals surface area contributed by atoms with E-state index in [1.54, 1.807) is 37.4 Å². The first-order valence-electron chi connectivity index (χ1n) is 41.7. The number of amides is 4. The van der Waals surface area contributed by atoms with Gasteiger partial charge in [-0.3, -0.25) is 19.2 Å². The highest BCUT2D eigenvalue weighted by Crippen LogP contribution is 2.35. The zero-order chi connectivity index (χ0) is 92.5. The maximum absolute atomic E-state index is 14.2. The average molecular weight is 1970 g/mol. The van der Waals surface area contributed by atoms with Crippen LogP contribution < -0.4 is 47.3 Å². The van der Waals surface area contributed by atoms with Crippen molar-refractivity contribution < 1.29 is 80.1 Å². The van der Waals surface area contributed by atoms with E-state index >= 15 is 0 Å². The van der Waals surface area contributed by atoms with E-state index in [0.717, 1.165) is 95.1 Å². The van der Waals surface area contributed by atoms with Crippen LogP contribution in [0.2, 0.25) is 25.1 Å². The van der Waals surface area contributed by atoms with Crippen LogP contribution in [0.4, 0.5) is 91.2 Å². The quantitative estimate of drug-likeness (QED) is 0.0153. The van der Waals surface area contributed by atoms with Crippen LogP contribution in [0.3, 0.4) is 0 Å². The van der Waals surface area contributed by atoms with E-state index < -0.39 is 58.5 Å². The Morgan fingerprint density at radius 3 is 0.910 bits per heavy atom. The molecular formula is C93H90Cl7F5N16O12. The largest absolute Gasteiger partial charge is 0.508 e. The van der Waals surface area contributed by atoms with Gasteiger partial charge in [0.2, 0.25) is 23.8 Å². The van der Waals surface area contributed by atoms with Crippen molar-refractivity contribution in [1.82, 2.24) is 39.9 Å². The number of methoxy groups -OCH3 is 1. The Morgan fingerprint density at radius 1 is 0.361 bits per heavy atom. The van der Waals surface area contributed by atoms with Gasteiger partial charge in [0, 0.05) is 80.0 Å². The lowest BCUT2D eigenvalue weighted by Crippen LogP contribution is -2.18. The van der Waals surface area contributed by atoms with Crippen LogP contribution in [-0.2, 0) is 44.6 Å². The van der Waals surface area contributed by atoms with Gasteiger partial charge in [-0.1, -0.05) is 82.3 Å². The van der Waals surface area contributed by atoms with E-state index in [1.165, 1.54) is 122 Å². The number of phenols is 3. The summed E-state index contributed by atoms with van der Waals surface area (Å²) in [5, 5.41) is 51.1. The van der Waals surface area contributed by atoms with E-state index in [9.17, 15) is 56.4 Å². The summed E-state index contributed by atoms with van der Waals surface area (Å²) in [6.45, 7) is 2.91. The van der Waals surface area contributed by atoms with Crippen molar-refractivity contribution in [2.24, 2.45) is 0 Å². The van der Waals surface area contributed by atoms with Crippen molar-refractivity contribution in [1.29, 1.82) is 0 Å². The second-order valence-corrected chi connectivity index (χ2v) is 32.3. The second-order valence-electron chi connectivity index (χ2n) is 30.2. The number of ether oxygens (including phenoxy) is 5. The molecule has 0 saturated carbocycles. The van der Waals surface area contributed by atoms with Gasteiger partial charge in [-0.15, -0.1) is 24.8 Å². The standard InChI is InChI=1S/C24H24ClFN4O3.C23H21Cl2FN4O3.C23H21ClF2N4O3.C23H22ClFN4O3.2ClH/c1-32-16-9-7-15(8-10-16)28-24-27-14-18(21(29-24)12-11-17-4-3-13-33-17)23(31)30-22-19(25)5-2-6-20(22)26;24-16-4-1-5-18(26)21(16)30-22(32)15-12-27-23(28-13-6-9-20(31)17(25)11-13)29-19(15)8-7-14-3-2-10-33-14;24-16-4-1-5-17(25)21(16)30-22(32)15-12-27-23(28-13-6-9-20(31)18(26)11-13)29-19(15)8-7-14-3-2-10-33-14;24-18-4-1-5-19(25)21(18)29-22(31)17-13-26-23(27-14-6-8-15(30)9-7-14)28-20(17)11-10-16-3-2-12-32-16;;/h2,5-10,14,17H,3-4,11-13H2,1H3,(H,30,31)(H,27,28,29);2*1,4-6,9,11-12,14,31H,2-3,7-8,10H2,(H,30,32)(H,27,28,29);1,4-9,13,16,30H,2-3,10-12H2,(H,29,31)(H,26,27,28);2*1H. The van der Waals surface area contributed by atoms with Crippen LogP contribution in [0.25, 0.3) is 0 Å². The molecule has 4 unspecified atom stereocenters. The van der Waals surface area contributed by atoms with Crippen LogP contribution in [0.5, 0.6) is 23.0 Å². The van der Waals surface area contributed by atoms with Gasteiger partial charge >= 0.3 is 0 Å². The van der Waals surface area contributed by atoms with E-state index in [1.807, 2.05) is 24.3 Å². The summed E-state index contributed by atoms with van der Waals surface area (Å²) < 4.78 is 98.2. The lowest BCUT2D eigenvalue weighted by Gasteiger charge is -2.14. The minimum absolute atomic E-state index is 0. The van der Waals surface area contributed by atoms with Crippen molar-refractivity contribution in [2.45, 2.75) is 127 Å². The highest BCUT2D eigenvalue weighted by Gasteiger charge is 2.28. The predicted octanol–water partition coefficient (Wildman–Crippen LogP) is 22.3. The van der Waals surface area contributed by atoms with Crippen molar-refractivity contribution in [3.63, 3.8) is 0 Å². The van der Waals surface area contributed by atoms with Crippen molar-refractivity contribution in [3.8, 4) is 23.0 Å². The Bertz CT molecular complexity index is 5760. The topological polar surface area (TPSA) is 374 Å². The van der Waals surface area contributed by atoms with E-state index in [2.05, 4.69) is 82.4 Å². The van der Waals surface area contributed by atoms with Gasteiger partial charge in [0.15, 0.2) is 11.6 Å². The molecular weight excluding hydrogens is 1880 g/mol. The number of hydrogen-bond acceptors (Lipinski definition) is 24. The number of rotatable bonds is 29. The van der Waals surface area contributed by atoms with Crippen LogP contribution in [-0.4, -0.2) is 137 Å². The van der Waals surface area contributed by atoms with E-state index in [0.29, 0.717) is 103 Å². The number of para-hydroxylation sites is 4. The lowest BCUT2D eigenvalue weighted by molar-refractivity contribution is 0.100. The summed E-state index contributed by atoms with van der Waals surface area (Å²) >= 11 is 30.1. The zero-order valence-corrected chi connectivity index (χ0v) is 76.4. The van der Waals surface area contributed by atoms with Crippen molar-refractivity contribution in [2.75, 3.05) is 76.1 Å². The summed E-state index contributed by atoms with van der Waals surface area (Å²) in [5.41, 5.74) is 4.79. The molecule has 4 aromatic heterocycles. The molecule has 4 atom stereocenters. The molecule has 4 saturated heterocycles. The highest BCUT2D eigenvalue weighted by molar-refractivity contribution is 6.35. The third-order valence-electron chi connectivity index (χ3n) is 21.0. The van der Waals surface area contributed by atoms with Gasteiger partial charge in [-0.05, 0) is 230 Å². The first-order chi connectivity index (χ1) is 63.3. The minimum Gasteiger partial charge on any atom is -0.508 e. The molecule has 4 aliphatic heterocycles. The van der Waals surface area contributed by atoms with Crippen LogP contribution >= 0.6 is 82.8 Å². The number of carbonyl (C=O) groups excluding carboxylic acids is 4. The summed E-state index contributed by atoms with van der Waals surface area (Å²) in [6.07, 6.45) is 18.5. The fraction of sp³-hybridized carbons (Fsp3) is 0.269. The number of aromatic hydroxyl groups is 3. The number of benzene rings is 8. The molecule has 12 aromatic rings. The van der Waals surface area contributed by atoms with Gasteiger partial charge in [0.25, 0.3) is 23.6 Å². The van der Waals surface area contributed by atoms with Crippen LogP contribution in [0, 0.1) is 29.1 Å². The maximum atomic E-state index is 14.2. The van der Waals surface area contributed by atoms with Gasteiger partial charge < -0.3 is 81.5 Å². The summed E-state index contributed by atoms with van der Waals surface area (Å²) in [4.78, 5) is 86.8. The molecule has 0 bridgehead atoms. The smallest absolute Gasteiger partial charge is 0.259 e. The van der Waals surface area contributed by atoms with Crippen LogP contribution in [0.1, 0.15) is 141 Å². The molecule has 4 aliphatic rings. The molecule has 0 radical (unpaired) electrons. The third-order valence-corrected chi connectivity index (χ3v) is 22.6. The maximum Gasteiger partial charge on any atom is 0.259 e. The minimum atomic E-state index is -0.795. The Morgan fingerprint density at radius 2 is 0.639 bits per heavy atom. The Kier molecular flexibility index (Phi) is 37.8. The first-order valence-corrected chi connectivity index (χ1v) is 43.6. The zero-order valence-electron chi connectivity index (χ0n) is 71.0. The normalized spacial score (nSPS) is 15.2. The number of aryl methyl sites for hydroxylation is 4. The molecule has 4 fully saturated rings. The molecule has 8 aromatic carbocycles. The lowest BCUT2D eigenvalue weighted by atomic mass is 10.1. The summed E-state index contributed by atoms with van der Waals surface area (Å²) in [6, 6.07) is 38.8. The second kappa shape index (κ2) is 49.6. The number of phenolic OH excluding ortho intramolecular Hbond substituents is 3. The number of carbonyl (C=O) groups is 4. The van der Waals surface area contributed by atoms with E-state index in [-0.39, 0.29) is 143 Å². The van der Waals surface area contributed by atoms with Gasteiger partial charge in [0.1, 0.15) is 40.5 Å². The number of hydrogen-bond donors (Lipinski definition) is 11. The molecule has 0 aliphatic carbocycles. The SMILES string of the molecule is COc1ccc(Nc2ncc(C(=O)Nc3c(F)cccc3Cl)c(CCC3CCCO3)n2)cc1.Cl.Cl.O=C(Nc1c(F)cccc1Cl)c1cnc(Nc2ccc(O)c(Cl)c2)nc1CCC1CCCO1.O=C(Nc1c(F)cccc1Cl)c1cnc(Nc2ccc(O)c(F)c2)nc1CCC1CCCO1.O=C(Nc1c(F)cccc1Cl)c1cnc(Nc2ccc(O)cc2)nc1CCC1CCCO1. The number of halogens is 12. The van der Waals surface area contributed by atoms with E-state index in [4.69, 9.17) is 81.7 Å². The molecule has 11 N–H and O–H groups in total. The van der Waals surface area contributed by atoms with Crippen LogP contribution in [0.15, 0.2) is 183 Å². The molecule has 28 nitrogen and oxygen atoms in total. The molecule has 16 rings (SSSR count). The van der Waals surface area contributed by atoms with Crippen molar-refractivity contribution in [3.05, 3.63) is 282 Å². The number of aromatic nitrogens is 8. The summed E-state index contributed by atoms with van der Waals surface area (Å²) in [7, 11) is 1.60. The highest BCUT2D eigenvalue weighted by atomic mass is 35.5. The molecule has 8 heterocycles. The predicted molar refractivity (Wildman–Crippen MR) is 505 cm³/mol.